The number of aryl methyl sites for hydroxylation is 3. The lowest BCUT2D eigenvalue weighted by Crippen LogP contribution is -2.50. The lowest BCUT2D eigenvalue weighted by atomic mass is 10.2. The first kappa shape index (κ1) is 19.3. The van der Waals surface area contributed by atoms with Crippen molar-refractivity contribution in [1.29, 1.82) is 0 Å². The van der Waals surface area contributed by atoms with Crippen molar-refractivity contribution in [3.63, 3.8) is 0 Å². The van der Waals surface area contributed by atoms with Crippen LogP contribution in [0.3, 0.4) is 0 Å². The zero-order chi connectivity index (χ0) is 19.8. The van der Waals surface area contributed by atoms with E-state index >= 15 is 0 Å². The Hall–Kier alpha value is -2.50. The molecule has 0 unspecified atom stereocenters. The summed E-state index contributed by atoms with van der Waals surface area (Å²) in [5.74, 6) is 0.948. The van der Waals surface area contributed by atoms with Crippen molar-refractivity contribution in [2.24, 2.45) is 0 Å². The number of piperazine rings is 1. The predicted octanol–water partition coefficient (Wildman–Crippen LogP) is 3.85. The van der Waals surface area contributed by atoms with E-state index in [1.165, 1.54) is 11.4 Å². The lowest BCUT2D eigenvalue weighted by molar-refractivity contribution is 0.0240. The highest BCUT2D eigenvalue weighted by Gasteiger charge is 2.26. The summed E-state index contributed by atoms with van der Waals surface area (Å²) >= 11 is 0. The second kappa shape index (κ2) is 7.25. The molecule has 0 aliphatic carbocycles. The van der Waals surface area contributed by atoms with E-state index < -0.39 is 5.60 Å². The fourth-order valence-corrected chi connectivity index (χ4v) is 3.49. The molecule has 3 rings (SSSR count). The number of carbonyl (C=O) groups excluding carboxylic acids is 1. The van der Waals surface area contributed by atoms with Crippen molar-refractivity contribution >= 4 is 11.8 Å². The van der Waals surface area contributed by atoms with Crippen molar-refractivity contribution in [3.05, 3.63) is 41.3 Å². The van der Waals surface area contributed by atoms with Gasteiger partial charge in [0, 0.05) is 37.6 Å². The summed E-state index contributed by atoms with van der Waals surface area (Å²) in [6.07, 6.45) is -0.231. The highest BCUT2D eigenvalue weighted by atomic mass is 16.6. The van der Waals surface area contributed by atoms with Gasteiger partial charge in [0.05, 0.1) is 11.4 Å². The summed E-state index contributed by atoms with van der Waals surface area (Å²) < 4.78 is 7.64. The molecule has 0 spiro atoms. The van der Waals surface area contributed by atoms with Crippen molar-refractivity contribution in [3.8, 4) is 5.82 Å². The maximum Gasteiger partial charge on any atom is 0.410 e. The molecular formula is C21H30N4O2. The van der Waals surface area contributed by atoms with Gasteiger partial charge in [0.15, 0.2) is 0 Å². The first-order valence-corrected chi connectivity index (χ1v) is 9.51. The van der Waals surface area contributed by atoms with Gasteiger partial charge in [-0.15, -0.1) is 0 Å². The molecule has 0 atom stereocenters. The van der Waals surface area contributed by atoms with Gasteiger partial charge in [-0.3, -0.25) is 0 Å². The van der Waals surface area contributed by atoms with Crippen molar-refractivity contribution in [2.45, 2.75) is 47.1 Å². The number of carbonyl (C=O) groups is 1. The fourth-order valence-electron chi connectivity index (χ4n) is 3.49. The van der Waals surface area contributed by atoms with Crippen molar-refractivity contribution < 1.29 is 9.53 Å². The molecule has 1 amide bonds. The Kier molecular flexibility index (Phi) is 5.18. The number of rotatable bonds is 2. The van der Waals surface area contributed by atoms with Gasteiger partial charge in [0.25, 0.3) is 0 Å². The molecule has 1 aliphatic rings. The van der Waals surface area contributed by atoms with E-state index in [0.29, 0.717) is 13.1 Å². The summed E-state index contributed by atoms with van der Waals surface area (Å²) in [6.45, 7) is 14.8. The second-order valence-electron chi connectivity index (χ2n) is 8.18. The van der Waals surface area contributed by atoms with Crippen molar-refractivity contribution in [1.82, 2.24) is 14.5 Å². The maximum absolute atomic E-state index is 12.2. The van der Waals surface area contributed by atoms with Crippen LogP contribution < -0.4 is 4.90 Å². The average molecular weight is 370 g/mol. The van der Waals surface area contributed by atoms with Gasteiger partial charge in [-0.1, -0.05) is 0 Å². The quantitative estimate of drug-likeness (QED) is 0.806. The van der Waals surface area contributed by atoms with E-state index in [2.05, 4.69) is 47.6 Å². The van der Waals surface area contributed by atoms with Gasteiger partial charge in [-0.2, -0.15) is 0 Å². The highest BCUT2D eigenvalue weighted by molar-refractivity contribution is 5.68. The van der Waals surface area contributed by atoms with Crippen molar-refractivity contribution in [2.75, 3.05) is 31.1 Å². The standard InChI is InChI=1S/C21H30N4O2/c1-15-7-8-16(2)25(15)19-10-9-18(17(3)22-19)23-11-13-24(14-12-23)20(26)27-21(4,5)6/h7-10H,11-14H2,1-6H3. The van der Waals surface area contributed by atoms with Crippen LogP contribution in [0.1, 0.15) is 37.9 Å². The average Bonchev–Trinajstić information content (AvgIpc) is 2.92. The minimum atomic E-state index is -0.459. The van der Waals surface area contributed by atoms with Crippen LogP contribution in [0.25, 0.3) is 5.82 Å². The Balaban J connectivity index is 1.69. The van der Waals surface area contributed by atoms with Crippen LogP contribution in [-0.2, 0) is 4.74 Å². The van der Waals surface area contributed by atoms with Gasteiger partial charge >= 0.3 is 6.09 Å². The third kappa shape index (κ3) is 4.26. The SMILES string of the molecule is Cc1nc(-n2c(C)ccc2C)ccc1N1CCN(C(=O)OC(C)(C)C)CC1. The summed E-state index contributed by atoms with van der Waals surface area (Å²) in [7, 11) is 0. The lowest BCUT2D eigenvalue weighted by Gasteiger charge is -2.37. The van der Waals surface area contributed by atoms with Crippen LogP contribution in [0.15, 0.2) is 24.3 Å². The molecule has 2 aromatic rings. The topological polar surface area (TPSA) is 50.6 Å². The Morgan fingerprint density at radius 2 is 1.56 bits per heavy atom. The molecule has 1 aliphatic heterocycles. The van der Waals surface area contributed by atoms with Gasteiger partial charge in [-0.05, 0) is 65.8 Å². The number of anilines is 1. The van der Waals surface area contributed by atoms with Crippen LogP contribution in [0.5, 0.6) is 0 Å². The molecule has 3 heterocycles. The Labute approximate surface area is 161 Å². The third-order valence-electron chi connectivity index (χ3n) is 4.82. The summed E-state index contributed by atoms with van der Waals surface area (Å²) in [5, 5.41) is 0. The first-order chi connectivity index (χ1) is 12.7. The van der Waals surface area contributed by atoms with E-state index in [0.717, 1.165) is 30.3 Å². The van der Waals surface area contributed by atoms with Crippen LogP contribution in [0.4, 0.5) is 10.5 Å². The molecule has 2 aromatic heterocycles. The Morgan fingerprint density at radius 3 is 2.07 bits per heavy atom. The van der Waals surface area contributed by atoms with Gasteiger partial charge in [-0.25, -0.2) is 9.78 Å². The molecule has 0 radical (unpaired) electrons. The number of amides is 1. The molecule has 1 fully saturated rings. The predicted molar refractivity (Wildman–Crippen MR) is 108 cm³/mol. The Bertz CT molecular complexity index is 808. The summed E-state index contributed by atoms with van der Waals surface area (Å²) in [4.78, 5) is 21.1. The molecule has 0 N–H and O–H groups in total. The smallest absolute Gasteiger partial charge is 0.410 e. The molecule has 0 aromatic carbocycles. The number of hydrogen-bond acceptors (Lipinski definition) is 4. The molecule has 146 valence electrons. The zero-order valence-electron chi connectivity index (χ0n) is 17.2. The van der Waals surface area contributed by atoms with Crippen LogP contribution >= 0.6 is 0 Å². The molecular weight excluding hydrogens is 340 g/mol. The second-order valence-corrected chi connectivity index (χ2v) is 8.18. The zero-order valence-corrected chi connectivity index (χ0v) is 17.2. The van der Waals surface area contributed by atoms with E-state index in [1.807, 2.05) is 27.7 Å². The number of hydrogen-bond donors (Lipinski definition) is 0. The van der Waals surface area contributed by atoms with Gasteiger partial charge in [0.1, 0.15) is 11.4 Å². The molecule has 27 heavy (non-hydrogen) atoms. The summed E-state index contributed by atoms with van der Waals surface area (Å²) in [5.41, 5.74) is 4.03. The molecule has 6 heteroatoms. The maximum atomic E-state index is 12.2. The minimum absolute atomic E-state index is 0.231. The molecule has 0 saturated carbocycles. The van der Waals surface area contributed by atoms with Crippen LogP contribution in [0.2, 0.25) is 0 Å². The minimum Gasteiger partial charge on any atom is -0.444 e. The monoisotopic (exact) mass is 370 g/mol. The van der Waals surface area contributed by atoms with Crippen LogP contribution in [-0.4, -0.2) is 52.3 Å². The largest absolute Gasteiger partial charge is 0.444 e. The number of ether oxygens (including phenoxy) is 1. The van der Waals surface area contributed by atoms with Gasteiger partial charge in [0.2, 0.25) is 0 Å². The van der Waals surface area contributed by atoms with E-state index in [9.17, 15) is 4.79 Å². The van der Waals surface area contributed by atoms with Crippen LogP contribution in [0, 0.1) is 20.8 Å². The normalized spacial score (nSPS) is 15.2. The Morgan fingerprint density at radius 1 is 0.963 bits per heavy atom. The third-order valence-corrected chi connectivity index (χ3v) is 4.82. The van der Waals surface area contributed by atoms with E-state index in [1.54, 1.807) is 4.90 Å². The first-order valence-electron chi connectivity index (χ1n) is 9.51. The summed E-state index contributed by atoms with van der Waals surface area (Å²) in [6, 6.07) is 8.43. The number of nitrogens with zero attached hydrogens (tertiary/aromatic N) is 4. The van der Waals surface area contributed by atoms with Gasteiger partial charge < -0.3 is 19.1 Å². The molecule has 6 nitrogen and oxygen atoms in total. The molecule has 1 saturated heterocycles. The highest BCUT2D eigenvalue weighted by Crippen LogP contribution is 2.24. The number of aromatic nitrogens is 2. The molecule has 0 bridgehead atoms. The number of pyridine rings is 1. The van der Waals surface area contributed by atoms with E-state index in [4.69, 9.17) is 9.72 Å². The van der Waals surface area contributed by atoms with E-state index in [-0.39, 0.29) is 6.09 Å². The fraction of sp³-hybridized carbons (Fsp3) is 0.524.